The number of ether oxygens (including phenoxy) is 1. The molecule has 0 aliphatic rings. The molecule has 0 fully saturated rings. The summed E-state index contributed by atoms with van der Waals surface area (Å²) in [5.41, 5.74) is -0.651. The maximum Gasteiger partial charge on any atom is 0.0765 e. The van der Waals surface area contributed by atoms with E-state index >= 15 is 0 Å². The van der Waals surface area contributed by atoms with Crippen molar-refractivity contribution in [3.8, 4) is 0 Å². The summed E-state index contributed by atoms with van der Waals surface area (Å²) < 4.78 is 4.96. The van der Waals surface area contributed by atoms with Gasteiger partial charge in [0.2, 0.25) is 0 Å². The van der Waals surface area contributed by atoms with Gasteiger partial charge in [0.05, 0.1) is 5.60 Å². The molecule has 15 heavy (non-hydrogen) atoms. The molecular formula is C12H27NO2. The lowest BCUT2D eigenvalue weighted by atomic mass is 10.0. The quantitative estimate of drug-likeness (QED) is 0.619. The van der Waals surface area contributed by atoms with Gasteiger partial charge in [-0.1, -0.05) is 20.3 Å². The predicted molar refractivity (Wildman–Crippen MR) is 64.1 cm³/mol. The Morgan fingerprint density at radius 1 is 1.47 bits per heavy atom. The summed E-state index contributed by atoms with van der Waals surface area (Å²) in [6.07, 6.45) is 3.15. The Balaban J connectivity index is 3.55. The van der Waals surface area contributed by atoms with Crippen molar-refractivity contribution in [3.05, 3.63) is 0 Å². The van der Waals surface area contributed by atoms with Crippen LogP contribution in [0.2, 0.25) is 0 Å². The lowest BCUT2D eigenvalue weighted by Crippen LogP contribution is -2.40. The van der Waals surface area contributed by atoms with Crippen LogP contribution in [0.5, 0.6) is 0 Å². The maximum absolute atomic E-state index is 9.95. The fourth-order valence-electron chi connectivity index (χ4n) is 1.59. The highest BCUT2D eigenvalue weighted by molar-refractivity contribution is 4.75. The number of nitrogens with one attached hydrogen (secondary N) is 1. The Labute approximate surface area is 94.2 Å². The molecule has 2 N–H and O–H groups in total. The smallest absolute Gasteiger partial charge is 0.0765 e. The van der Waals surface area contributed by atoms with Crippen molar-refractivity contribution in [2.75, 3.05) is 26.8 Å². The molecule has 2 atom stereocenters. The third-order valence-corrected chi connectivity index (χ3v) is 2.62. The van der Waals surface area contributed by atoms with E-state index in [-0.39, 0.29) is 0 Å². The minimum absolute atomic E-state index is 0.610. The molecule has 0 heterocycles. The number of hydrogen-bond donors (Lipinski definition) is 2. The maximum atomic E-state index is 9.95. The first-order valence-electron chi connectivity index (χ1n) is 5.94. The molecule has 2 unspecified atom stereocenters. The van der Waals surface area contributed by atoms with Gasteiger partial charge in [-0.25, -0.2) is 0 Å². The van der Waals surface area contributed by atoms with Crippen LogP contribution in [0.15, 0.2) is 0 Å². The van der Waals surface area contributed by atoms with E-state index in [4.69, 9.17) is 4.74 Å². The lowest BCUT2D eigenvalue weighted by Gasteiger charge is -2.24. The molecule has 0 aliphatic carbocycles. The first-order valence-corrected chi connectivity index (χ1v) is 5.94. The molecule has 0 aliphatic heterocycles. The molecular weight excluding hydrogens is 190 g/mol. The third-order valence-electron chi connectivity index (χ3n) is 2.62. The van der Waals surface area contributed by atoms with Crippen LogP contribution in [0.4, 0.5) is 0 Å². The van der Waals surface area contributed by atoms with Gasteiger partial charge in [-0.2, -0.15) is 0 Å². The van der Waals surface area contributed by atoms with E-state index in [0.29, 0.717) is 25.5 Å². The summed E-state index contributed by atoms with van der Waals surface area (Å²) in [4.78, 5) is 0. The lowest BCUT2D eigenvalue weighted by molar-refractivity contribution is 0.0244. The number of aliphatic hydroxyl groups is 1. The van der Waals surface area contributed by atoms with Gasteiger partial charge in [0, 0.05) is 26.7 Å². The zero-order valence-corrected chi connectivity index (χ0v) is 10.7. The zero-order chi connectivity index (χ0) is 11.7. The van der Waals surface area contributed by atoms with Crippen LogP contribution in [0.25, 0.3) is 0 Å². The van der Waals surface area contributed by atoms with Gasteiger partial charge in [0.25, 0.3) is 0 Å². The van der Waals surface area contributed by atoms with E-state index in [1.165, 1.54) is 12.8 Å². The minimum Gasteiger partial charge on any atom is -0.389 e. The molecule has 3 heteroatoms. The summed E-state index contributed by atoms with van der Waals surface area (Å²) >= 11 is 0. The molecule has 3 nitrogen and oxygen atoms in total. The second-order valence-electron chi connectivity index (χ2n) is 4.76. The molecule has 0 aromatic rings. The van der Waals surface area contributed by atoms with Crippen LogP contribution >= 0.6 is 0 Å². The Morgan fingerprint density at radius 3 is 2.67 bits per heavy atom. The Bertz CT molecular complexity index is 149. The standard InChI is InChI=1S/C12H27NO2/c1-5-6-11(2)9-13-10-12(3,14)7-8-15-4/h11,13-14H,5-10H2,1-4H3. The predicted octanol–water partition coefficient (Wildman–Crippen LogP) is 1.80. The fourth-order valence-corrected chi connectivity index (χ4v) is 1.59. The van der Waals surface area contributed by atoms with Crippen molar-refractivity contribution < 1.29 is 9.84 Å². The van der Waals surface area contributed by atoms with Gasteiger partial charge in [0.15, 0.2) is 0 Å². The third kappa shape index (κ3) is 8.85. The highest BCUT2D eigenvalue weighted by Gasteiger charge is 2.19. The highest BCUT2D eigenvalue weighted by Crippen LogP contribution is 2.08. The molecule has 0 radical (unpaired) electrons. The van der Waals surface area contributed by atoms with E-state index in [0.717, 1.165) is 6.54 Å². The monoisotopic (exact) mass is 217 g/mol. The van der Waals surface area contributed by atoms with E-state index in [1.807, 2.05) is 6.92 Å². The summed E-state index contributed by atoms with van der Waals surface area (Å²) in [6.45, 7) is 8.52. The Hall–Kier alpha value is -0.120. The SMILES string of the molecule is CCCC(C)CNCC(C)(O)CCOC. The van der Waals surface area contributed by atoms with Crippen molar-refractivity contribution >= 4 is 0 Å². The molecule has 0 aromatic heterocycles. The molecule has 0 aromatic carbocycles. The number of methoxy groups -OCH3 is 1. The molecule has 0 saturated heterocycles. The molecule has 0 rings (SSSR count). The van der Waals surface area contributed by atoms with Crippen molar-refractivity contribution in [2.45, 2.75) is 45.6 Å². The van der Waals surface area contributed by atoms with Gasteiger partial charge >= 0.3 is 0 Å². The number of hydrogen-bond acceptors (Lipinski definition) is 3. The number of rotatable bonds is 9. The van der Waals surface area contributed by atoms with Crippen molar-refractivity contribution in [1.82, 2.24) is 5.32 Å². The van der Waals surface area contributed by atoms with Gasteiger partial charge < -0.3 is 15.2 Å². The summed E-state index contributed by atoms with van der Waals surface area (Å²) in [5, 5.41) is 13.3. The molecule has 92 valence electrons. The van der Waals surface area contributed by atoms with E-state index in [9.17, 15) is 5.11 Å². The Morgan fingerprint density at radius 2 is 2.13 bits per heavy atom. The van der Waals surface area contributed by atoms with Crippen molar-refractivity contribution in [3.63, 3.8) is 0 Å². The topological polar surface area (TPSA) is 41.5 Å². The average Bonchev–Trinajstić information content (AvgIpc) is 2.15. The first kappa shape index (κ1) is 14.9. The minimum atomic E-state index is -0.651. The van der Waals surface area contributed by atoms with Crippen LogP contribution in [-0.4, -0.2) is 37.5 Å². The van der Waals surface area contributed by atoms with Gasteiger partial charge in [0.1, 0.15) is 0 Å². The molecule has 0 amide bonds. The normalized spacial score (nSPS) is 17.4. The van der Waals surface area contributed by atoms with Crippen molar-refractivity contribution in [2.24, 2.45) is 5.92 Å². The van der Waals surface area contributed by atoms with E-state index in [1.54, 1.807) is 7.11 Å². The molecule has 0 saturated carbocycles. The molecule has 0 bridgehead atoms. The van der Waals surface area contributed by atoms with Crippen LogP contribution in [0.1, 0.15) is 40.0 Å². The van der Waals surface area contributed by atoms with Crippen LogP contribution < -0.4 is 5.32 Å². The van der Waals surface area contributed by atoms with E-state index < -0.39 is 5.60 Å². The molecule has 0 spiro atoms. The highest BCUT2D eigenvalue weighted by atomic mass is 16.5. The second-order valence-corrected chi connectivity index (χ2v) is 4.76. The fraction of sp³-hybridized carbons (Fsp3) is 1.00. The Kier molecular flexibility index (Phi) is 8.02. The summed E-state index contributed by atoms with van der Waals surface area (Å²) in [7, 11) is 1.66. The van der Waals surface area contributed by atoms with E-state index in [2.05, 4.69) is 19.2 Å². The van der Waals surface area contributed by atoms with Crippen molar-refractivity contribution in [1.29, 1.82) is 0 Å². The van der Waals surface area contributed by atoms with Gasteiger partial charge in [-0.15, -0.1) is 0 Å². The van der Waals surface area contributed by atoms with Crippen LogP contribution in [0, 0.1) is 5.92 Å². The summed E-state index contributed by atoms with van der Waals surface area (Å²) in [6, 6.07) is 0. The van der Waals surface area contributed by atoms with Crippen LogP contribution in [0.3, 0.4) is 0 Å². The van der Waals surface area contributed by atoms with Gasteiger partial charge in [-0.05, 0) is 25.8 Å². The first-order chi connectivity index (χ1) is 7.02. The summed E-state index contributed by atoms with van der Waals surface area (Å²) in [5.74, 6) is 0.688. The zero-order valence-electron chi connectivity index (χ0n) is 10.7. The second kappa shape index (κ2) is 8.08. The largest absolute Gasteiger partial charge is 0.389 e. The van der Waals surface area contributed by atoms with Crippen LogP contribution in [-0.2, 0) is 4.74 Å². The van der Waals surface area contributed by atoms with Gasteiger partial charge in [-0.3, -0.25) is 0 Å². The average molecular weight is 217 g/mol.